The Morgan fingerprint density at radius 1 is 1.00 bits per heavy atom. The second-order valence-electron chi connectivity index (χ2n) is 9.22. The van der Waals surface area contributed by atoms with Crippen molar-refractivity contribution in [2.75, 3.05) is 31.5 Å². The summed E-state index contributed by atoms with van der Waals surface area (Å²) >= 11 is 0. The minimum atomic E-state index is -0.688. The van der Waals surface area contributed by atoms with E-state index in [4.69, 9.17) is 14.2 Å². The molecular formula is C26H30N2O5. The molecule has 0 fully saturated rings. The molecule has 1 N–H and O–H groups in total. The lowest BCUT2D eigenvalue weighted by atomic mass is 9.73. The van der Waals surface area contributed by atoms with E-state index in [0.717, 1.165) is 11.4 Å². The number of nitrogens with zero attached hydrogens (tertiary/aromatic N) is 1. The minimum Gasteiger partial charge on any atom is -0.496 e. The van der Waals surface area contributed by atoms with Crippen molar-refractivity contribution < 1.29 is 23.8 Å². The van der Waals surface area contributed by atoms with Crippen LogP contribution in [-0.4, -0.2) is 33.0 Å². The maximum atomic E-state index is 13.6. The fourth-order valence-electron chi connectivity index (χ4n) is 4.90. The summed E-state index contributed by atoms with van der Waals surface area (Å²) in [5.74, 6) is 1.33. The molecule has 0 radical (unpaired) electrons. The van der Waals surface area contributed by atoms with Crippen LogP contribution in [-0.2, 0) is 9.59 Å². The van der Waals surface area contributed by atoms with Crippen LogP contribution in [0.3, 0.4) is 0 Å². The molecule has 2 aromatic carbocycles. The first-order valence-electron chi connectivity index (χ1n) is 10.9. The van der Waals surface area contributed by atoms with Crippen LogP contribution in [0.15, 0.2) is 47.7 Å². The number of amides is 1. The van der Waals surface area contributed by atoms with Crippen LogP contribution in [0.2, 0.25) is 0 Å². The Labute approximate surface area is 194 Å². The van der Waals surface area contributed by atoms with E-state index in [2.05, 4.69) is 19.2 Å². The van der Waals surface area contributed by atoms with Crippen molar-refractivity contribution in [3.8, 4) is 17.2 Å². The highest BCUT2D eigenvalue weighted by molar-refractivity contribution is 6.06. The van der Waals surface area contributed by atoms with E-state index in [1.54, 1.807) is 38.4 Å². The highest BCUT2D eigenvalue weighted by Gasteiger charge is 2.43. The molecule has 1 amide bonds. The number of ether oxygens (including phenoxy) is 3. The average Bonchev–Trinajstić information content (AvgIpc) is 2.91. The van der Waals surface area contributed by atoms with E-state index in [-0.39, 0.29) is 17.1 Å². The molecule has 33 heavy (non-hydrogen) atoms. The molecule has 7 nitrogen and oxygen atoms in total. The van der Waals surface area contributed by atoms with Crippen molar-refractivity contribution in [3.63, 3.8) is 0 Å². The van der Waals surface area contributed by atoms with Crippen molar-refractivity contribution in [2.24, 2.45) is 5.41 Å². The first-order chi connectivity index (χ1) is 15.7. The molecule has 1 heterocycles. The number of Topliss-reactive ketones (excluding diaryl/α,β-unsaturated/α-hetero) is 1. The highest BCUT2D eigenvalue weighted by atomic mass is 16.5. The van der Waals surface area contributed by atoms with Gasteiger partial charge >= 0.3 is 0 Å². The lowest BCUT2D eigenvalue weighted by Crippen LogP contribution is -2.38. The number of benzene rings is 2. The predicted octanol–water partition coefficient (Wildman–Crippen LogP) is 4.88. The average molecular weight is 451 g/mol. The van der Waals surface area contributed by atoms with Gasteiger partial charge in [0.25, 0.3) is 0 Å². The van der Waals surface area contributed by atoms with Crippen molar-refractivity contribution in [2.45, 2.75) is 39.7 Å². The zero-order chi connectivity index (χ0) is 23.9. The van der Waals surface area contributed by atoms with Crippen LogP contribution in [0.4, 0.5) is 11.4 Å². The van der Waals surface area contributed by atoms with Gasteiger partial charge in [0.15, 0.2) is 17.3 Å². The third kappa shape index (κ3) is 3.92. The molecule has 0 aromatic heterocycles. The molecule has 7 heteroatoms. The second-order valence-corrected chi connectivity index (χ2v) is 9.22. The maximum Gasteiger partial charge on any atom is 0.224 e. The lowest BCUT2D eigenvalue weighted by Gasteiger charge is -2.37. The van der Waals surface area contributed by atoms with Gasteiger partial charge in [0, 0.05) is 36.2 Å². The summed E-state index contributed by atoms with van der Waals surface area (Å²) in [6.45, 7) is 5.68. The molecule has 174 valence electrons. The fraction of sp³-hybridized carbons (Fsp3) is 0.385. The van der Waals surface area contributed by atoms with E-state index < -0.39 is 6.04 Å². The van der Waals surface area contributed by atoms with Gasteiger partial charge in [-0.2, -0.15) is 0 Å². The summed E-state index contributed by atoms with van der Waals surface area (Å²) in [4.78, 5) is 28.5. The predicted molar refractivity (Wildman–Crippen MR) is 127 cm³/mol. The smallest absolute Gasteiger partial charge is 0.224 e. The molecule has 0 saturated heterocycles. The van der Waals surface area contributed by atoms with E-state index >= 15 is 0 Å². The number of carbonyl (C=O) groups is 2. The number of para-hydroxylation sites is 2. The van der Waals surface area contributed by atoms with Crippen LogP contribution in [0.25, 0.3) is 0 Å². The number of allylic oxidation sites excluding steroid dienone is 1. The summed E-state index contributed by atoms with van der Waals surface area (Å²) in [5, 5.41) is 3.49. The molecule has 1 atom stereocenters. The third-order valence-corrected chi connectivity index (χ3v) is 6.27. The maximum absolute atomic E-state index is 13.6. The molecule has 0 unspecified atom stereocenters. The number of fused-ring (bicyclic) bond motifs is 1. The molecule has 0 bridgehead atoms. The van der Waals surface area contributed by atoms with Gasteiger partial charge in [0.2, 0.25) is 5.91 Å². The van der Waals surface area contributed by atoms with Gasteiger partial charge < -0.3 is 19.5 Å². The van der Waals surface area contributed by atoms with Gasteiger partial charge in [-0.25, -0.2) is 0 Å². The van der Waals surface area contributed by atoms with Crippen molar-refractivity contribution in [3.05, 3.63) is 53.2 Å². The first kappa shape index (κ1) is 22.7. The minimum absolute atomic E-state index is 0.00893. The Morgan fingerprint density at radius 3 is 2.27 bits per heavy atom. The number of ketones is 1. The quantitative estimate of drug-likeness (QED) is 0.716. The van der Waals surface area contributed by atoms with Crippen molar-refractivity contribution in [1.82, 2.24) is 0 Å². The summed E-state index contributed by atoms with van der Waals surface area (Å²) in [5.41, 5.74) is 3.35. The van der Waals surface area contributed by atoms with Crippen molar-refractivity contribution >= 4 is 23.1 Å². The zero-order valence-corrected chi connectivity index (χ0v) is 19.9. The molecule has 4 rings (SSSR count). The van der Waals surface area contributed by atoms with Crippen LogP contribution in [0, 0.1) is 5.41 Å². The topological polar surface area (TPSA) is 77.1 Å². The second kappa shape index (κ2) is 8.46. The SMILES string of the molecule is COc1cc(OC)c([C@@H]2C3=C(CC(C)(C)CC3=O)Nc3ccccc3N2C(C)=O)cc1OC. The molecule has 0 saturated carbocycles. The molecule has 2 aliphatic rings. The van der Waals surface area contributed by atoms with Gasteiger partial charge in [0.1, 0.15) is 5.75 Å². The van der Waals surface area contributed by atoms with Gasteiger partial charge in [0.05, 0.1) is 38.7 Å². The summed E-state index contributed by atoms with van der Waals surface area (Å²) in [6.07, 6.45) is 1.07. The summed E-state index contributed by atoms with van der Waals surface area (Å²) in [7, 11) is 4.67. The first-order valence-corrected chi connectivity index (χ1v) is 10.9. The van der Waals surface area contributed by atoms with E-state index in [0.29, 0.717) is 46.9 Å². The number of nitrogens with one attached hydrogen (secondary N) is 1. The van der Waals surface area contributed by atoms with Gasteiger partial charge in [-0.15, -0.1) is 0 Å². The Morgan fingerprint density at radius 2 is 1.64 bits per heavy atom. The molecular weight excluding hydrogens is 420 g/mol. The van der Waals surface area contributed by atoms with Gasteiger partial charge in [-0.1, -0.05) is 26.0 Å². The van der Waals surface area contributed by atoms with Crippen LogP contribution in [0.1, 0.15) is 45.2 Å². The normalized spacial score (nSPS) is 19.2. The number of hydrogen-bond donors (Lipinski definition) is 1. The van der Waals surface area contributed by atoms with Crippen LogP contribution in [0.5, 0.6) is 17.2 Å². The Kier molecular flexibility index (Phi) is 5.82. The van der Waals surface area contributed by atoms with E-state index in [1.165, 1.54) is 6.92 Å². The summed E-state index contributed by atoms with van der Waals surface area (Å²) < 4.78 is 16.7. The van der Waals surface area contributed by atoms with Gasteiger partial charge in [-0.05, 0) is 30.0 Å². The van der Waals surface area contributed by atoms with E-state index in [9.17, 15) is 9.59 Å². The Balaban J connectivity index is 2.07. The number of carbonyl (C=O) groups excluding carboxylic acids is 2. The number of rotatable bonds is 4. The van der Waals surface area contributed by atoms with E-state index in [1.807, 2.05) is 24.3 Å². The van der Waals surface area contributed by atoms with Crippen LogP contribution >= 0.6 is 0 Å². The molecule has 2 aromatic rings. The van der Waals surface area contributed by atoms with Crippen molar-refractivity contribution in [1.29, 1.82) is 0 Å². The Bertz CT molecular complexity index is 1150. The number of hydrogen-bond acceptors (Lipinski definition) is 6. The molecule has 0 spiro atoms. The van der Waals surface area contributed by atoms with Gasteiger partial charge in [-0.3, -0.25) is 14.5 Å². The largest absolute Gasteiger partial charge is 0.496 e. The monoisotopic (exact) mass is 450 g/mol. The zero-order valence-electron chi connectivity index (χ0n) is 19.9. The Hall–Kier alpha value is -3.48. The fourth-order valence-corrected chi connectivity index (χ4v) is 4.90. The van der Waals surface area contributed by atoms with Crippen LogP contribution < -0.4 is 24.4 Å². The third-order valence-electron chi connectivity index (χ3n) is 6.27. The molecule has 1 aliphatic carbocycles. The number of anilines is 2. The lowest BCUT2D eigenvalue weighted by molar-refractivity contribution is -0.118. The molecule has 1 aliphatic heterocycles. The summed E-state index contributed by atoms with van der Waals surface area (Å²) in [6, 6.07) is 10.5. The highest BCUT2D eigenvalue weighted by Crippen LogP contribution is 2.51. The standard InChI is InChI=1S/C26H30N2O5/c1-15(29)28-19-10-8-7-9-17(19)27-18-13-26(2,3)14-20(30)24(18)25(28)16-11-22(32-5)23(33-6)12-21(16)31-4/h7-12,25,27H,13-14H2,1-6H3/t25-/m1/s1. The number of methoxy groups -OCH3 is 3.